The van der Waals surface area contributed by atoms with Crippen LogP contribution in [0.1, 0.15) is 24.4 Å². The molecule has 0 fully saturated rings. The molecule has 0 N–H and O–H groups in total. The zero-order valence-electron chi connectivity index (χ0n) is 16.6. The van der Waals surface area contributed by atoms with E-state index in [4.69, 9.17) is 9.47 Å². The van der Waals surface area contributed by atoms with Crippen LogP contribution in [0.25, 0.3) is 10.6 Å². The molecule has 3 rings (SSSR count). The number of benzene rings is 2. The highest BCUT2D eigenvalue weighted by molar-refractivity contribution is 7.98. The van der Waals surface area contributed by atoms with Gasteiger partial charge in [-0.3, -0.25) is 0 Å². The Bertz CT molecular complexity index is 1040. The second-order valence-corrected chi connectivity index (χ2v) is 8.47. The van der Waals surface area contributed by atoms with E-state index in [1.165, 1.54) is 17.4 Å². The van der Waals surface area contributed by atoms with Crippen LogP contribution in [0.3, 0.4) is 0 Å². The van der Waals surface area contributed by atoms with E-state index in [2.05, 4.69) is 10.2 Å². The Kier molecular flexibility index (Phi) is 7.38. The Morgan fingerprint density at radius 1 is 1.17 bits per heavy atom. The number of nitrogens with zero attached hydrogens (tertiary/aromatic N) is 2. The van der Waals surface area contributed by atoms with Crippen LogP contribution in [-0.2, 0) is 15.3 Å². The molecule has 158 valence electrons. The van der Waals surface area contributed by atoms with Crippen molar-refractivity contribution >= 4 is 29.1 Å². The molecule has 0 saturated heterocycles. The topological polar surface area (TPSA) is 61.3 Å². The van der Waals surface area contributed by atoms with E-state index in [0.717, 1.165) is 27.6 Å². The average molecular weight is 451 g/mol. The molecule has 0 bridgehead atoms. The van der Waals surface area contributed by atoms with Gasteiger partial charge in [0, 0.05) is 10.5 Å². The molecule has 0 aliphatic carbocycles. The van der Waals surface area contributed by atoms with Crippen LogP contribution in [0.2, 0.25) is 0 Å². The third-order valence-electron chi connectivity index (χ3n) is 4.06. The minimum absolute atomic E-state index is 0.310. The van der Waals surface area contributed by atoms with Gasteiger partial charge in [0.1, 0.15) is 15.8 Å². The van der Waals surface area contributed by atoms with E-state index in [-0.39, 0.29) is 0 Å². The van der Waals surface area contributed by atoms with E-state index in [1.54, 1.807) is 25.6 Å². The summed E-state index contributed by atoms with van der Waals surface area (Å²) < 4.78 is 37.1. The molecule has 3 aromatic rings. The lowest BCUT2D eigenvalue weighted by atomic mass is 10.2. The first-order valence-electron chi connectivity index (χ1n) is 9.22. The number of thioether (sulfide) groups is 1. The Balaban J connectivity index is 1.61. The first-order chi connectivity index (χ1) is 14.4. The molecule has 0 amide bonds. The fraction of sp³-hybridized carbons (Fsp3) is 0.286. The van der Waals surface area contributed by atoms with Gasteiger partial charge in [-0.05, 0) is 62.7 Å². The molecule has 1 heterocycles. The Morgan fingerprint density at radius 3 is 2.67 bits per heavy atom. The predicted molar refractivity (Wildman–Crippen MR) is 113 cm³/mol. The van der Waals surface area contributed by atoms with E-state index in [9.17, 15) is 13.6 Å². The van der Waals surface area contributed by atoms with Gasteiger partial charge < -0.3 is 9.47 Å². The zero-order chi connectivity index (χ0) is 21.7. The first kappa shape index (κ1) is 22.2. The summed E-state index contributed by atoms with van der Waals surface area (Å²) in [7, 11) is 0. The maximum atomic E-state index is 13.4. The molecule has 9 heteroatoms. The minimum atomic E-state index is -0.909. The van der Waals surface area contributed by atoms with Gasteiger partial charge >= 0.3 is 5.97 Å². The van der Waals surface area contributed by atoms with Gasteiger partial charge in [0.2, 0.25) is 0 Å². The van der Waals surface area contributed by atoms with E-state index >= 15 is 0 Å². The highest BCUT2D eigenvalue weighted by atomic mass is 32.2. The van der Waals surface area contributed by atoms with Crippen LogP contribution in [0, 0.1) is 18.6 Å². The monoisotopic (exact) mass is 450 g/mol. The Labute approximate surface area is 181 Å². The maximum Gasteiger partial charge on any atom is 0.347 e. The van der Waals surface area contributed by atoms with Gasteiger partial charge in [-0.1, -0.05) is 11.3 Å². The molecule has 0 saturated carbocycles. The quantitative estimate of drug-likeness (QED) is 0.338. The van der Waals surface area contributed by atoms with Crippen molar-refractivity contribution < 1.29 is 23.0 Å². The van der Waals surface area contributed by atoms with Crippen molar-refractivity contribution in [3.63, 3.8) is 0 Å². The summed E-state index contributed by atoms with van der Waals surface area (Å²) in [5, 5.41) is 9.51. The molecule has 1 atom stereocenters. The molecule has 30 heavy (non-hydrogen) atoms. The molecule has 0 spiro atoms. The van der Waals surface area contributed by atoms with Crippen molar-refractivity contribution in [3.8, 4) is 16.3 Å². The summed E-state index contributed by atoms with van der Waals surface area (Å²) in [6.07, 6.45) is -0.682. The van der Waals surface area contributed by atoms with Crippen LogP contribution in [0.15, 0.2) is 41.3 Å². The highest BCUT2D eigenvalue weighted by Gasteiger charge is 2.17. The lowest BCUT2D eigenvalue weighted by Crippen LogP contribution is -2.26. The average Bonchev–Trinajstić information content (AvgIpc) is 3.19. The third kappa shape index (κ3) is 5.54. The molecular weight excluding hydrogens is 430 g/mol. The molecule has 2 aromatic carbocycles. The number of hydrogen-bond donors (Lipinski definition) is 0. The molecular formula is C21H20F2N2O3S2. The summed E-state index contributed by atoms with van der Waals surface area (Å²) in [5.41, 5.74) is 1.40. The van der Waals surface area contributed by atoms with Gasteiger partial charge in [0.05, 0.1) is 12.4 Å². The van der Waals surface area contributed by atoms with Gasteiger partial charge in [0.25, 0.3) is 0 Å². The van der Waals surface area contributed by atoms with Gasteiger partial charge in [-0.2, -0.15) is 0 Å². The number of carbonyl (C=O) groups is 1. The number of aryl methyl sites for hydroxylation is 1. The minimum Gasteiger partial charge on any atom is -0.479 e. The second-order valence-electron chi connectivity index (χ2n) is 6.36. The van der Waals surface area contributed by atoms with Crippen molar-refractivity contribution in [1.82, 2.24) is 10.2 Å². The van der Waals surface area contributed by atoms with Crippen molar-refractivity contribution in [1.29, 1.82) is 0 Å². The number of halogens is 2. The molecule has 1 unspecified atom stereocenters. The largest absolute Gasteiger partial charge is 0.479 e. The van der Waals surface area contributed by atoms with E-state index in [0.29, 0.717) is 28.7 Å². The number of carbonyl (C=O) groups excluding carboxylic acids is 1. The van der Waals surface area contributed by atoms with Crippen molar-refractivity contribution in [2.45, 2.75) is 37.5 Å². The lowest BCUT2D eigenvalue weighted by molar-refractivity contribution is -0.150. The van der Waals surface area contributed by atoms with Gasteiger partial charge in [-0.25, -0.2) is 13.6 Å². The van der Waals surface area contributed by atoms with Gasteiger partial charge in [-0.15, -0.1) is 22.0 Å². The molecule has 1 aromatic heterocycles. The lowest BCUT2D eigenvalue weighted by Gasteiger charge is -2.15. The number of esters is 1. The standard InChI is InChI=1S/C21H20F2N2O3S2/c1-4-27-21(26)13(3)28-18-8-6-15(9-12(18)2)29-11-19-24-25-20(30-19)14-5-7-16(22)17(23)10-14/h5-10,13H,4,11H2,1-3H3. The predicted octanol–water partition coefficient (Wildman–Crippen LogP) is 5.41. The van der Waals surface area contributed by atoms with Crippen LogP contribution >= 0.6 is 23.1 Å². The third-order valence-corrected chi connectivity index (χ3v) is 6.22. The Hall–Kier alpha value is -2.52. The normalized spacial score (nSPS) is 11.9. The van der Waals surface area contributed by atoms with Crippen LogP contribution in [-0.4, -0.2) is 28.9 Å². The van der Waals surface area contributed by atoms with Crippen molar-refractivity contribution in [3.05, 3.63) is 58.6 Å². The number of ether oxygens (including phenoxy) is 2. The van der Waals surface area contributed by atoms with Crippen LogP contribution < -0.4 is 4.74 Å². The first-order valence-corrected chi connectivity index (χ1v) is 11.0. The SMILES string of the molecule is CCOC(=O)C(C)Oc1ccc(SCc2nnc(-c3ccc(F)c(F)c3)s2)cc1C. The molecule has 0 radical (unpaired) electrons. The Morgan fingerprint density at radius 2 is 1.97 bits per heavy atom. The highest BCUT2D eigenvalue weighted by Crippen LogP contribution is 2.31. The second kappa shape index (κ2) is 9.99. The molecule has 0 aliphatic heterocycles. The van der Waals surface area contributed by atoms with Crippen LogP contribution in [0.5, 0.6) is 5.75 Å². The number of rotatable bonds is 8. The molecule has 5 nitrogen and oxygen atoms in total. The van der Waals surface area contributed by atoms with E-state index < -0.39 is 23.7 Å². The fourth-order valence-corrected chi connectivity index (χ4v) is 4.36. The number of aromatic nitrogens is 2. The molecule has 0 aliphatic rings. The number of hydrogen-bond acceptors (Lipinski definition) is 7. The van der Waals surface area contributed by atoms with E-state index in [1.807, 2.05) is 25.1 Å². The summed E-state index contributed by atoms with van der Waals surface area (Å²) in [6.45, 7) is 5.62. The van der Waals surface area contributed by atoms with Crippen molar-refractivity contribution in [2.75, 3.05) is 6.61 Å². The van der Waals surface area contributed by atoms with Crippen LogP contribution in [0.4, 0.5) is 8.78 Å². The smallest absolute Gasteiger partial charge is 0.347 e. The summed E-state index contributed by atoms with van der Waals surface area (Å²) in [4.78, 5) is 12.7. The summed E-state index contributed by atoms with van der Waals surface area (Å²) in [6, 6.07) is 9.37. The summed E-state index contributed by atoms with van der Waals surface area (Å²) in [5.74, 6) is -0.993. The fourth-order valence-electron chi connectivity index (χ4n) is 2.54. The summed E-state index contributed by atoms with van der Waals surface area (Å²) >= 11 is 2.91. The maximum absolute atomic E-state index is 13.4. The van der Waals surface area contributed by atoms with Gasteiger partial charge in [0.15, 0.2) is 17.7 Å². The van der Waals surface area contributed by atoms with Crippen molar-refractivity contribution in [2.24, 2.45) is 0 Å². The zero-order valence-corrected chi connectivity index (χ0v) is 18.3.